The molecule has 0 aliphatic heterocycles. The van der Waals surface area contributed by atoms with Crippen molar-refractivity contribution in [3.8, 4) is 0 Å². The summed E-state index contributed by atoms with van der Waals surface area (Å²) in [5, 5.41) is 3.60. The van der Waals surface area contributed by atoms with E-state index in [1.54, 1.807) is 24.3 Å². The van der Waals surface area contributed by atoms with Gasteiger partial charge < -0.3 is 5.32 Å². The number of carbonyl (C=O) groups excluding carboxylic acids is 1. The summed E-state index contributed by atoms with van der Waals surface area (Å²) < 4.78 is 25.4. The molecule has 5 nitrogen and oxygen atoms in total. The lowest BCUT2D eigenvalue weighted by Crippen LogP contribution is -2.21. The van der Waals surface area contributed by atoms with Crippen molar-refractivity contribution in [1.82, 2.24) is 9.62 Å². The van der Waals surface area contributed by atoms with E-state index in [9.17, 15) is 13.2 Å². The Kier molecular flexibility index (Phi) is 6.65. The Labute approximate surface area is 160 Å². The number of carbonyl (C=O) groups is 1. The minimum atomic E-state index is -3.45. The molecule has 0 aliphatic carbocycles. The first-order valence-electron chi connectivity index (χ1n) is 7.13. The minimum Gasteiger partial charge on any atom is -0.348 e. The van der Waals surface area contributed by atoms with E-state index in [0.717, 1.165) is 20.5 Å². The number of hydrogen-bond acceptors (Lipinski definition) is 4. The van der Waals surface area contributed by atoms with Crippen molar-refractivity contribution in [3.63, 3.8) is 0 Å². The molecular weight excluding hydrogens is 403 g/mol. The van der Waals surface area contributed by atoms with Crippen LogP contribution in [0.25, 0.3) is 6.08 Å². The first-order chi connectivity index (χ1) is 11.7. The molecule has 1 N–H and O–H groups in total. The minimum absolute atomic E-state index is 0.229. The van der Waals surface area contributed by atoms with Crippen LogP contribution in [0.4, 0.5) is 0 Å². The van der Waals surface area contributed by atoms with E-state index < -0.39 is 10.0 Å². The van der Waals surface area contributed by atoms with Crippen LogP contribution in [0.3, 0.4) is 0 Å². The fourth-order valence-electron chi connectivity index (χ4n) is 1.83. The van der Waals surface area contributed by atoms with E-state index in [-0.39, 0.29) is 16.7 Å². The van der Waals surface area contributed by atoms with Gasteiger partial charge in [0.1, 0.15) is 4.21 Å². The maximum absolute atomic E-state index is 12.0. The molecule has 2 aromatic rings. The SMILES string of the molecule is CN(C)S(=O)(=O)c1ccc(CNC(=O)/C=C/c2c(Cl)cccc2Cl)s1. The Morgan fingerprint density at radius 3 is 2.44 bits per heavy atom. The van der Waals surface area contributed by atoms with Crippen LogP contribution in [0, 0.1) is 0 Å². The number of sulfonamides is 1. The van der Waals surface area contributed by atoms with Gasteiger partial charge in [-0.3, -0.25) is 4.79 Å². The van der Waals surface area contributed by atoms with Crippen LogP contribution >= 0.6 is 34.5 Å². The molecule has 0 saturated heterocycles. The molecule has 0 spiro atoms. The van der Waals surface area contributed by atoms with Crippen LogP contribution in [0.5, 0.6) is 0 Å². The first-order valence-corrected chi connectivity index (χ1v) is 10.1. The standard InChI is InChI=1S/C16H16Cl2N2O3S2/c1-20(2)25(22,23)16-9-6-11(24-16)10-19-15(21)8-7-12-13(17)4-3-5-14(12)18/h3-9H,10H2,1-2H3,(H,19,21)/b8-7+. The predicted octanol–water partition coefficient (Wildman–Crippen LogP) is 3.63. The lowest BCUT2D eigenvalue weighted by Gasteiger charge is -2.08. The lowest BCUT2D eigenvalue weighted by molar-refractivity contribution is -0.116. The van der Waals surface area contributed by atoms with Crippen LogP contribution in [-0.2, 0) is 21.4 Å². The monoisotopic (exact) mass is 418 g/mol. The number of nitrogens with zero attached hydrogens (tertiary/aromatic N) is 1. The third-order valence-corrected chi connectivity index (χ3v) is 7.24. The van der Waals surface area contributed by atoms with Crippen molar-refractivity contribution >= 4 is 56.5 Å². The van der Waals surface area contributed by atoms with E-state index in [1.165, 1.54) is 32.3 Å². The van der Waals surface area contributed by atoms with Crippen molar-refractivity contribution in [2.24, 2.45) is 0 Å². The molecule has 0 bridgehead atoms. The van der Waals surface area contributed by atoms with Gasteiger partial charge >= 0.3 is 0 Å². The lowest BCUT2D eigenvalue weighted by atomic mass is 10.2. The van der Waals surface area contributed by atoms with E-state index >= 15 is 0 Å². The quantitative estimate of drug-likeness (QED) is 0.728. The fraction of sp³-hybridized carbons (Fsp3) is 0.188. The van der Waals surface area contributed by atoms with Crippen molar-refractivity contribution in [1.29, 1.82) is 0 Å². The number of benzene rings is 1. The second-order valence-electron chi connectivity index (χ2n) is 5.19. The van der Waals surface area contributed by atoms with Gasteiger partial charge in [-0.2, -0.15) is 0 Å². The highest BCUT2D eigenvalue weighted by Gasteiger charge is 2.19. The summed E-state index contributed by atoms with van der Waals surface area (Å²) in [5.74, 6) is -0.332. The van der Waals surface area contributed by atoms with Gasteiger partial charge in [0.05, 0.1) is 6.54 Å². The Morgan fingerprint density at radius 2 is 1.84 bits per heavy atom. The first kappa shape index (κ1) is 19.9. The summed E-state index contributed by atoms with van der Waals surface area (Å²) in [6.45, 7) is 0.229. The molecular formula is C16H16Cl2N2O3S2. The van der Waals surface area contributed by atoms with Gasteiger partial charge in [0, 0.05) is 40.7 Å². The van der Waals surface area contributed by atoms with Crippen LogP contribution in [0.1, 0.15) is 10.4 Å². The molecule has 1 aromatic carbocycles. The van der Waals surface area contributed by atoms with E-state index in [1.807, 2.05) is 0 Å². The molecule has 0 fully saturated rings. The molecule has 0 atom stereocenters. The van der Waals surface area contributed by atoms with Crippen LogP contribution in [0.2, 0.25) is 10.0 Å². The largest absolute Gasteiger partial charge is 0.348 e. The second-order valence-corrected chi connectivity index (χ2v) is 9.56. The predicted molar refractivity (Wildman–Crippen MR) is 103 cm³/mol. The average Bonchev–Trinajstić information content (AvgIpc) is 3.02. The van der Waals surface area contributed by atoms with Gasteiger partial charge in [-0.25, -0.2) is 12.7 Å². The molecule has 1 aromatic heterocycles. The van der Waals surface area contributed by atoms with E-state index in [2.05, 4.69) is 5.32 Å². The maximum atomic E-state index is 12.0. The van der Waals surface area contributed by atoms with Crippen molar-refractivity contribution in [3.05, 3.63) is 56.9 Å². The molecule has 25 heavy (non-hydrogen) atoms. The zero-order valence-electron chi connectivity index (χ0n) is 13.5. The molecule has 2 rings (SSSR count). The second kappa shape index (κ2) is 8.33. The molecule has 9 heteroatoms. The Bertz CT molecular complexity index is 886. The van der Waals surface area contributed by atoms with Gasteiger partial charge in [-0.05, 0) is 30.3 Å². The molecule has 0 saturated carbocycles. The molecule has 0 radical (unpaired) electrons. The Hall–Kier alpha value is -1.38. The third-order valence-electron chi connectivity index (χ3n) is 3.21. The van der Waals surface area contributed by atoms with Crippen LogP contribution < -0.4 is 5.32 Å². The average molecular weight is 419 g/mol. The van der Waals surface area contributed by atoms with Gasteiger partial charge in [0.25, 0.3) is 10.0 Å². The number of hydrogen-bond donors (Lipinski definition) is 1. The van der Waals surface area contributed by atoms with Gasteiger partial charge in [-0.15, -0.1) is 11.3 Å². The van der Waals surface area contributed by atoms with Crippen molar-refractivity contribution < 1.29 is 13.2 Å². The highest BCUT2D eigenvalue weighted by Crippen LogP contribution is 2.25. The van der Waals surface area contributed by atoms with Gasteiger partial charge in [0.15, 0.2) is 0 Å². The number of thiophene rings is 1. The summed E-state index contributed by atoms with van der Waals surface area (Å²) >= 11 is 13.2. The molecule has 1 heterocycles. The summed E-state index contributed by atoms with van der Waals surface area (Å²) in [6, 6.07) is 8.29. The molecule has 0 aliphatic rings. The summed E-state index contributed by atoms with van der Waals surface area (Å²) in [7, 11) is -0.508. The molecule has 134 valence electrons. The smallest absolute Gasteiger partial charge is 0.252 e. The van der Waals surface area contributed by atoms with Gasteiger partial charge in [-0.1, -0.05) is 29.3 Å². The third kappa shape index (κ3) is 5.05. The molecule has 1 amide bonds. The Balaban J connectivity index is 1.99. The van der Waals surface area contributed by atoms with Crippen molar-refractivity contribution in [2.75, 3.05) is 14.1 Å². The summed E-state index contributed by atoms with van der Waals surface area (Å²) in [5.41, 5.74) is 0.566. The molecule has 0 unspecified atom stereocenters. The number of halogens is 2. The van der Waals surface area contributed by atoms with Crippen LogP contribution in [0.15, 0.2) is 40.6 Å². The van der Waals surface area contributed by atoms with Gasteiger partial charge in [0.2, 0.25) is 5.91 Å². The number of amides is 1. The summed E-state index contributed by atoms with van der Waals surface area (Å²) in [4.78, 5) is 12.7. The number of nitrogens with one attached hydrogen (secondary N) is 1. The normalized spacial score (nSPS) is 12.0. The van der Waals surface area contributed by atoms with Crippen LogP contribution in [-0.4, -0.2) is 32.7 Å². The zero-order chi connectivity index (χ0) is 18.6. The highest BCUT2D eigenvalue weighted by atomic mass is 35.5. The van der Waals surface area contributed by atoms with E-state index in [4.69, 9.17) is 23.2 Å². The maximum Gasteiger partial charge on any atom is 0.252 e. The topological polar surface area (TPSA) is 66.5 Å². The zero-order valence-corrected chi connectivity index (χ0v) is 16.6. The summed E-state index contributed by atoms with van der Waals surface area (Å²) in [6.07, 6.45) is 2.87. The fourth-order valence-corrected chi connectivity index (χ4v) is 4.82. The number of rotatable bonds is 6. The Morgan fingerprint density at radius 1 is 1.20 bits per heavy atom. The van der Waals surface area contributed by atoms with Crippen molar-refractivity contribution in [2.45, 2.75) is 10.8 Å². The van der Waals surface area contributed by atoms with E-state index in [0.29, 0.717) is 15.6 Å². The highest BCUT2D eigenvalue weighted by molar-refractivity contribution is 7.91.